The summed E-state index contributed by atoms with van der Waals surface area (Å²) in [7, 11) is 6.50. The van der Waals surface area contributed by atoms with E-state index in [0.29, 0.717) is 0 Å². The molecule has 0 amide bonds. The Bertz CT molecular complexity index is 139. The third-order valence-electron chi connectivity index (χ3n) is 1.88. The Morgan fingerprint density at radius 1 is 1.15 bits per heavy atom. The van der Waals surface area contributed by atoms with Crippen molar-refractivity contribution in [3.63, 3.8) is 0 Å². The highest BCUT2D eigenvalue weighted by atomic mass is 127. The van der Waals surface area contributed by atoms with Crippen molar-refractivity contribution in [2.24, 2.45) is 0 Å². The number of nitrogens with zero attached hydrogens (tertiary/aromatic N) is 1. The number of hydrogen-bond acceptors (Lipinski definition) is 2. The van der Waals surface area contributed by atoms with Crippen molar-refractivity contribution in [1.29, 1.82) is 0 Å². The van der Waals surface area contributed by atoms with E-state index in [1.807, 2.05) is 6.92 Å². The van der Waals surface area contributed by atoms with Crippen LogP contribution in [-0.4, -0.2) is 57.6 Å². The fourth-order valence-corrected chi connectivity index (χ4v) is 1.36. The van der Waals surface area contributed by atoms with E-state index in [-0.39, 0.29) is 36.2 Å². The van der Waals surface area contributed by atoms with Crippen molar-refractivity contribution in [1.82, 2.24) is 0 Å². The fourth-order valence-electron chi connectivity index (χ4n) is 1.36. The molecule has 0 saturated carbocycles. The summed E-state index contributed by atoms with van der Waals surface area (Å²) in [5.41, 5.74) is 0. The first-order chi connectivity index (χ1) is 5.47. The lowest BCUT2D eigenvalue weighted by Crippen LogP contribution is -3.00. The maximum absolute atomic E-state index is 5.63. The second-order valence-electron chi connectivity index (χ2n) is 4.57. The summed E-state index contributed by atoms with van der Waals surface area (Å²) < 4.78 is 12.1. The van der Waals surface area contributed by atoms with Crippen LogP contribution in [0, 0.1) is 0 Å². The lowest BCUT2D eigenvalue weighted by Gasteiger charge is -2.33. The predicted molar refractivity (Wildman–Crippen MR) is 48.1 cm³/mol. The van der Waals surface area contributed by atoms with Gasteiger partial charge in [-0.1, -0.05) is 0 Å². The molecule has 0 aromatic rings. The van der Waals surface area contributed by atoms with Gasteiger partial charge in [-0.3, -0.25) is 0 Å². The first kappa shape index (κ1) is 13.6. The standard InChI is InChI=1S/C9H20NO2.HI/c1-8-6-12-9(7-11-8)5-10(2,3)4;/h8-9H,5-7H2,1-4H3;1H/q+1;/p-1/t8-,9+;/m0./s1. The predicted octanol–water partition coefficient (Wildman–Crippen LogP) is -2.50. The van der Waals surface area contributed by atoms with E-state index in [0.717, 1.165) is 24.2 Å². The first-order valence-electron chi connectivity index (χ1n) is 4.51. The first-order valence-corrected chi connectivity index (χ1v) is 4.51. The molecule has 3 nitrogen and oxygen atoms in total. The molecule has 1 fully saturated rings. The zero-order chi connectivity index (χ0) is 9.19. The Morgan fingerprint density at radius 3 is 2.15 bits per heavy atom. The summed E-state index contributed by atoms with van der Waals surface area (Å²) in [4.78, 5) is 0. The molecular weight excluding hydrogens is 281 g/mol. The number of ether oxygens (including phenoxy) is 2. The van der Waals surface area contributed by atoms with E-state index in [2.05, 4.69) is 21.1 Å². The number of halogens is 1. The van der Waals surface area contributed by atoms with Gasteiger partial charge < -0.3 is 37.9 Å². The molecule has 1 aliphatic heterocycles. The Labute approximate surface area is 98.0 Å². The summed E-state index contributed by atoms with van der Waals surface area (Å²) in [5.74, 6) is 0. The smallest absolute Gasteiger partial charge is 0.130 e. The summed E-state index contributed by atoms with van der Waals surface area (Å²) in [6.45, 7) is 4.55. The molecule has 13 heavy (non-hydrogen) atoms. The normalized spacial score (nSPS) is 29.5. The molecular formula is C9H20INO2. The third kappa shape index (κ3) is 5.83. The van der Waals surface area contributed by atoms with Crippen molar-refractivity contribution in [2.45, 2.75) is 19.1 Å². The molecule has 0 radical (unpaired) electrons. The molecule has 1 rings (SSSR count). The Morgan fingerprint density at radius 2 is 1.77 bits per heavy atom. The number of likely N-dealkylation sites (N-methyl/N-ethyl adjacent to an activating group) is 1. The van der Waals surface area contributed by atoms with Crippen LogP contribution in [0.4, 0.5) is 0 Å². The second-order valence-corrected chi connectivity index (χ2v) is 4.57. The number of rotatable bonds is 2. The zero-order valence-corrected chi connectivity index (χ0v) is 11.1. The highest BCUT2D eigenvalue weighted by Crippen LogP contribution is 2.09. The Balaban J connectivity index is 0.00000144. The van der Waals surface area contributed by atoms with Crippen molar-refractivity contribution in [2.75, 3.05) is 40.9 Å². The van der Waals surface area contributed by atoms with Gasteiger partial charge in [0.2, 0.25) is 0 Å². The molecule has 1 heterocycles. The minimum Gasteiger partial charge on any atom is -1.00 e. The highest BCUT2D eigenvalue weighted by molar-refractivity contribution is 4.63. The van der Waals surface area contributed by atoms with E-state index in [9.17, 15) is 0 Å². The maximum atomic E-state index is 5.63. The van der Waals surface area contributed by atoms with Crippen LogP contribution in [0.3, 0.4) is 0 Å². The molecule has 0 aromatic carbocycles. The van der Waals surface area contributed by atoms with E-state index in [1.54, 1.807) is 0 Å². The Hall–Kier alpha value is 0.610. The molecule has 0 aromatic heterocycles. The van der Waals surface area contributed by atoms with Gasteiger partial charge in [-0.05, 0) is 6.92 Å². The second kappa shape index (κ2) is 5.48. The van der Waals surface area contributed by atoms with Gasteiger partial charge in [0.25, 0.3) is 0 Å². The topological polar surface area (TPSA) is 18.5 Å². The number of hydrogen-bond donors (Lipinski definition) is 0. The molecule has 80 valence electrons. The van der Waals surface area contributed by atoms with Crippen LogP contribution in [0.15, 0.2) is 0 Å². The largest absolute Gasteiger partial charge is 1.00 e. The average Bonchev–Trinajstić information content (AvgIpc) is 1.91. The lowest BCUT2D eigenvalue weighted by atomic mass is 10.3. The summed E-state index contributed by atoms with van der Waals surface area (Å²) in [6.07, 6.45) is 0.551. The van der Waals surface area contributed by atoms with Crippen molar-refractivity contribution in [3.8, 4) is 0 Å². The van der Waals surface area contributed by atoms with Crippen LogP contribution >= 0.6 is 0 Å². The summed E-state index contributed by atoms with van der Waals surface area (Å²) in [5, 5.41) is 0. The van der Waals surface area contributed by atoms with Gasteiger partial charge >= 0.3 is 0 Å². The molecule has 0 spiro atoms. The minimum atomic E-state index is 0. The van der Waals surface area contributed by atoms with Gasteiger partial charge in [0, 0.05) is 0 Å². The molecule has 4 heteroatoms. The Kier molecular flexibility index (Phi) is 5.74. The minimum absolute atomic E-state index is 0. The van der Waals surface area contributed by atoms with Crippen molar-refractivity contribution in [3.05, 3.63) is 0 Å². The molecule has 1 aliphatic rings. The molecule has 0 unspecified atom stereocenters. The van der Waals surface area contributed by atoms with Gasteiger partial charge in [-0.2, -0.15) is 0 Å². The van der Waals surface area contributed by atoms with E-state index >= 15 is 0 Å². The van der Waals surface area contributed by atoms with Gasteiger partial charge in [0.15, 0.2) is 0 Å². The van der Waals surface area contributed by atoms with Gasteiger partial charge in [0.1, 0.15) is 12.6 Å². The van der Waals surface area contributed by atoms with E-state index in [4.69, 9.17) is 9.47 Å². The molecule has 0 aliphatic carbocycles. The molecule has 0 N–H and O–H groups in total. The van der Waals surface area contributed by atoms with Crippen LogP contribution in [0.1, 0.15) is 6.92 Å². The fraction of sp³-hybridized carbons (Fsp3) is 1.00. The van der Waals surface area contributed by atoms with Gasteiger partial charge in [-0.25, -0.2) is 0 Å². The van der Waals surface area contributed by atoms with Crippen LogP contribution in [0.2, 0.25) is 0 Å². The van der Waals surface area contributed by atoms with Crippen LogP contribution in [0.5, 0.6) is 0 Å². The highest BCUT2D eigenvalue weighted by Gasteiger charge is 2.24. The van der Waals surface area contributed by atoms with Gasteiger partial charge in [0.05, 0.1) is 40.5 Å². The SMILES string of the molecule is C[C@H]1CO[C@H](C[N+](C)(C)C)CO1.[I-]. The van der Waals surface area contributed by atoms with Crippen molar-refractivity contribution < 1.29 is 37.9 Å². The van der Waals surface area contributed by atoms with Crippen LogP contribution < -0.4 is 24.0 Å². The van der Waals surface area contributed by atoms with Crippen LogP contribution in [-0.2, 0) is 9.47 Å². The lowest BCUT2D eigenvalue weighted by molar-refractivity contribution is -0.874. The summed E-state index contributed by atoms with van der Waals surface area (Å²) >= 11 is 0. The zero-order valence-electron chi connectivity index (χ0n) is 8.92. The monoisotopic (exact) mass is 301 g/mol. The van der Waals surface area contributed by atoms with Crippen LogP contribution in [0.25, 0.3) is 0 Å². The van der Waals surface area contributed by atoms with E-state index < -0.39 is 0 Å². The summed E-state index contributed by atoms with van der Waals surface area (Å²) in [6, 6.07) is 0. The van der Waals surface area contributed by atoms with Crippen molar-refractivity contribution >= 4 is 0 Å². The number of quaternary nitrogens is 1. The molecule has 0 bridgehead atoms. The third-order valence-corrected chi connectivity index (χ3v) is 1.88. The maximum Gasteiger partial charge on any atom is 0.130 e. The molecule has 1 saturated heterocycles. The van der Waals surface area contributed by atoms with Gasteiger partial charge in [-0.15, -0.1) is 0 Å². The molecule has 2 atom stereocenters. The quantitative estimate of drug-likeness (QED) is 0.415. The average molecular weight is 301 g/mol. The van der Waals surface area contributed by atoms with E-state index in [1.165, 1.54) is 0 Å².